The first-order valence-electron chi connectivity index (χ1n) is 6.30. The van der Waals surface area contributed by atoms with Crippen molar-refractivity contribution in [3.8, 4) is 0 Å². The van der Waals surface area contributed by atoms with Gasteiger partial charge in [-0.2, -0.15) is 0 Å². The van der Waals surface area contributed by atoms with Gasteiger partial charge in [0.1, 0.15) is 0 Å². The molecule has 0 aliphatic heterocycles. The molecule has 104 valence electrons. The van der Waals surface area contributed by atoms with E-state index < -0.39 is 0 Å². The number of ether oxygens (including phenoxy) is 1. The second-order valence-corrected chi connectivity index (χ2v) is 5.41. The number of rotatable bonds is 4. The summed E-state index contributed by atoms with van der Waals surface area (Å²) in [5, 5.41) is 3.38. The van der Waals surface area contributed by atoms with Crippen molar-refractivity contribution in [2.45, 2.75) is 13.0 Å². The molecule has 4 heteroatoms. The number of hydrogen-bond acceptors (Lipinski definition) is 3. The Bertz CT molecular complexity index is 613. The minimum Gasteiger partial charge on any atom is -0.465 e. The Labute approximate surface area is 127 Å². The first-order valence-corrected chi connectivity index (χ1v) is 7.10. The van der Waals surface area contributed by atoms with Crippen LogP contribution >= 0.6 is 15.9 Å². The largest absolute Gasteiger partial charge is 0.465 e. The molecular formula is C16H16BrNO2. The number of nitrogens with one attached hydrogen (secondary N) is 1. The molecule has 0 heterocycles. The molecule has 0 spiro atoms. The summed E-state index contributed by atoms with van der Waals surface area (Å²) in [7, 11) is 1.38. The molecule has 3 nitrogen and oxygen atoms in total. The van der Waals surface area contributed by atoms with Crippen LogP contribution in [0.4, 0.5) is 5.69 Å². The Balaban J connectivity index is 2.15. The molecular weight excluding hydrogens is 318 g/mol. The van der Waals surface area contributed by atoms with Gasteiger partial charge in [0.25, 0.3) is 0 Å². The van der Waals surface area contributed by atoms with Crippen LogP contribution in [-0.2, 0) is 4.74 Å². The number of methoxy groups -OCH3 is 1. The van der Waals surface area contributed by atoms with Gasteiger partial charge in [-0.25, -0.2) is 4.79 Å². The van der Waals surface area contributed by atoms with Gasteiger partial charge < -0.3 is 10.1 Å². The molecule has 0 aromatic heterocycles. The number of anilines is 1. The van der Waals surface area contributed by atoms with E-state index in [0.717, 1.165) is 10.2 Å². The summed E-state index contributed by atoms with van der Waals surface area (Å²) in [6.45, 7) is 2.08. The van der Waals surface area contributed by atoms with Crippen LogP contribution in [0.1, 0.15) is 28.9 Å². The molecule has 0 saturated carbocycles. The van der Waals surface area contributed by atoms with Crippen molar-refractivity contribution in [3.63, 3.8) is 0 Å². The van der Waals surface area contributed by atoms with E-state index in [2.05, 4.69) is 40.3 Å². The van der Waals surface area contributed by atoms with E-state index in [1.807, 2.05) is 24.3 Å². The van der Waals surface area contributed by atoms with Crippen molar-refractivity contribution >= 4 is 27.6 Å². The SMILES string of the molecule is COC(=O)c1cccc(NC(C)c2cccc(Br)c2)c1. The normalized spacial score (nSPS) is 11.8. The van der Waals surface area contributed by atoms with Crippen LogP contribution in [0.2, 0.25) is 0 Å². The minimum absolute atomic E-state index is 0.139. The third-order valence-electron chi connectivity index (χ3n) is 3.02. The molecule has 2 rings (SSSR count). The van der Waals surface area contributed by atoms with E-state index in [0.29, 0.717) is 5.56 Å². The molecule has 0 aliphatic rings. The Kier molecular flexibility index (Phi) is 4.79. The van der Waals surface area contributed by atoms with Crippen LogP contribution in [0.3, 0.4) is 0 Å². The maximum absolute atomic E-state index is 11.5. The van der Waals surface area contributed by atoms with Gasteiger partial charge in [-0.15, -0.1) is 0 Å². The lowest BCUT2D eigenvalue weighted by Crippen LogP contribution is -2.08. The fraction of sp³-hybridized carbons (Fsp3) is 0.188. The summed E-state index contributed by atoms with van der Waals surface area (Å²) < 4.78 is 5.77. The van der Waals surface area contributed by atoms with E-state index in [1.54, 1.807) is 12.1 Å². The van der Waals surface area contributed by atoms with Crippen LogP contribution in [0.25, 0.3) is 0 Å². The molecule has 1 N–H and O–H groups in total. The van der Waals surface area contributed by atoms with E-state index >= 15 is 0 Å². The van der Waals surface area contributed by atoms with Gasteiger partial charge >= 0.3 is 5.97 Å². The van der Waals surface area contributed by atoms with Crippen molar-refractivity contribution < 1.29 is 9.53 Å². The zero-order valence-electron chi connectivity index (χ0n) is 11.4. The summed E-state index contributed by atoms with van der Waals surface area (Å²) in [4.78, 5) is 11.5. The number of carbonyl (C=O) groups excluding carboxylic acids is 1. The number of esters is 1. The van der Waals surface area contributed by atoms with Gasteiger partial charge in [-0.05, 0) is 42.8 Å². The summed E-state index contributed by atoms with van der Waals surface area (Å²) in [6, 6.07) is 15.6. The predicted octanol–water partition coefficient (Wildman–Crippen LogP) is 4.41. The fourth-order valence-corrected chi connectivity index (χ4v) is 2.38. The highest BCUT2D eigenvalue weighted by molar-refractivity contribution is 9.10. The monoisotopic (exact) mass is 333 g/mol. The number of halogens is 1. The third kappa shape index (κ3) is 3.61. The van der Waals surface area contributed by atoms with E-state index in [1.165, 1.54) is 12.7 Å². The Hall–Kier alpha value is -1.81. The van der Waals surface area contributed by atoms with E-state index in [4.69, 9.17) is 4.74 Å². The van der Waals surface area contributed by atoms with Crippen LogP contribution < -0.4 is 5.32 Å². The van der Waals surface area contributed by atoms with Gasteiger partial charge in [-0.3, -0.25) is 0 Å². The maximum atomic E-state index is 11.5. The van der Waals surface area contributed by atoms with Crippen LogP contribution in [-0.4, -0.2) is 13.1 Å². The van der Waals surface area contributed by atoms with Gasteiger partial charge in [0.05, 0.1) is 12.7 Å². The quantitative estimate of drug-likeness (QED) is 0.842. The maximum Gasteiger partial charge on any atom is 0.337 e. The lowest BCUT2D eigenvalue weighted by Gasteiger charge is -2.16. The Morgan fingerprint density at radius 1 is 1.20 bits per heavy atom. The topological polar surface area (TPSA) is 38.3 Å². The van der Waals surface area contributed by atoms with Crippen molar-refractivity contribution in [2.24, 2.45) is 0 Å². The average molecular weight is 334 g/mol. The highest BCUT2D eigenvalue weighted by Gasteiger charge is 2.09. The van der Waals surface area contributed by atoms with Crippen molar-refractivity contribution in [1.29, 1.82) is 0 Å². The summed E-state index contributed by atoms with van der Waals surface area (Å²) in [5.74, 6) is -0.330. The highest BCUT2D eigenvalue weighted by Crippen LogP contribution is 2.22. The molecule has 1 unspecified atom stereocenters. The van der Waals surface area contributed by atoms with Gasteiger partial charge in [0, 0.05) is 16.2 Å². The molecule has 1 atom stereocenters. The standard InChI is InChI=1S/C16H16BrNO2/c1-11(12-5-3-7-14(17)9-12)18-15-8-4-6-13(10-15)16(19)20-2/h3-11,18H,1-2H3. The second kappa shape index (κ2) is 6.57. The average Bonchev–Trinajstić information content (AvgIpc) is 2.46. The second-order valence-electron chi connectivity index (χ2n) is 4.49. The molecule has 0 radical (unpaired) electrons. The zero-order valence-corrected chi connectivity index (χ0v) is 13.0. The number of hydrogen-bond donors (Lipinski definition) is 1. The molecule has 0 fully saturated rings. The van der Waals surface area contributed by atoms with Crippen molar-refractivity contribution in [1.82, 2.24) is 0 Å². The van der Waals surface area contributed by atoms with Crippen LogP contribution in [0, 0.1) is 0 Å². The predicted molar refractivity (Wildman–Crippen MR) is 84.0 cm³/mol. The van der Waals surface area contributed by atoms with Gasteiger partial charge in [0.15, 0.2) is 0 Å². The van der Waals surface area contributed by atoms with Crippen LogP contribution in [0.15, 0.2) is 53.0 Å². The first kappa shape index (κ1) is 14.6. The molecule has 20 heavy (non-hydrogen) atoms. The third-order valence-corrected chi connectivity index (χ3v) is 3.51. The molecule has 0 amide bonds. The number of carbonyl (C=O) groups is 1. The number of benzene rings is 2. The summed E-state index contributed by atoms with van der Waals surface area (Å²) in [5.41, 5.74) is 2.60. The Morgan fingerprint density at radius 2 is 1.95 bits per heavy atom. The Morgan fingerprint density at radius 3 is 2.65 bits per heavy atom. The first-order chi connectivity index (χ1) is 9.60. The van der Waals surface area contributed by atoms with Crippen molar-refractivity contribution in [2.75, 3.05) is 12.4 Å². The van der Waals surface area contributed by atoms with E-state index in [9.17, 15) is 4.79 Å². The molecule has 0 saturated heterocycles. The van der Waals surface area contributed by atoms with Crippen molar-refractivity contribution in [3.05, 3.63) is 64.1 Å². The smallest absolute Gasteiger partial charge is 0.337 e. The molecule has 0 bridgehead atoms. The fourth-order valence-electron chi connectivity index (χ4n) is 1.96. The lowest BCUT2D eigenvalue weighted by atomic mass is 10.1. The lowest BCUT2D eigenvalue weighted by molar-refractivity contribution is 0.0601. The van der Waals surface area contributed by atoms with E-state index in [-0.39, 0.29) is 12.0 Å². The van der Waals surface area contributed by atoms with Gasteiger partial charge in [-0.1, -0.05) is 34.1 Å². The summed E-state index contributed by atoms with van der Waals surface area (Å²) >= 11 is 3.47. The minimum atomic E-state index is -0.330. The summed E-state index contributed by atoms with van der Waals surface area (Å²) in [6.07, 6.45) is 0. The molecule has 2 aromatic carbocycles. The zero-order chi connectivity index (χ0) is 14.5. The van der Waals surface area contributed by atoms with Gasteiger partial charge in [0.2, 0.25) is 0 Å². The molecule has 2 aromatic rings. The van der Waals surface area contributed by atoms with Crippen LogP contribution in [0.5, 0.6) is 0 Å². The molecule has 0 aliphatic carbocycles. The highest BCUT2D eigenvalue weighted by atomic mass is 79.9.